The van der Waals surface area contributed by atoms with E-state index in [2.05, 4.69) is 19.2 Å². The van der Waals surface area contributed by atoms with E-state index in [0.29, 0.717) is 38.3 Å². The molecule has 32 heavy (non-hydrogen) atoms. The van der Waals surface area contributed by atoms with Gasteiger partial charge in [0.15, 0.2) is 0 Å². The lowest BCUT2D eigenvalue weighted by Gasteiger charge is -2.31. The largest absolute Gasteiger partial charge is 0.444 e. The van der Waals surface area contributed by atoms with Crippen LogP contribution < -0.4 is 5.32 Å². The van der Waals surface area contributed by atoms with Gasteiger partial charge in [-0.3, -0.25) is 0 Å². The summed E-state index contributed by atoms with van der Waals surface area (Å²) in [4.78, 5) is 12.1. The molecule has 8 heteroatoms. The van der Waals surface area contributed by atoms with Crippen molar-refractivity contribution in [1.82, 2.24) is 9.62 Å². The zero-order valence-corrected chi connectivity index (χ0v) is 21.5. The lowest BCUT2D eigenvalue weighted by molar-refractivity contribution is 0.0518. The summed E-state index contributed by atoms with van der Waals surface area (Å²) in [5, 5.41) is 12.8. The predicted octanol–water partition coefficient (Wildman–Crippen LogP) is 4.33. The number of nitrogens with one attached hydrogen (secondary N) is 1. The molecule has 0 aromatic heterocycles. The summed E-state index contributed by atoms with van der Waals surface area (Å²) in [6.07, 6.45) is 1.39. The van der Waals surface area contributed by atoms with Crippen molar-refractivity contribution in [2.75, 3.05) is 19.7 Å². The molecule has 0 aliphatic carbocycles. The summed E-state index contributed by atoms with van der Waals surface area (Å²) in [5.74, 6) is 0.438. The molecule has 0 bridgehead atoms. The van der Waals surface area contributed by atoms with E-state index >= 15 is 0 Å². The highest BCUT2D eigenvalue weighted by Crippen LogP contribution is 2.23. The van der Waals surface area contributed by atoms with E-state index in [1.807, 2.05) is 34.6 Å². The minimum atomic E-state index is -3.74. The number of sulfonamides is 1. The number of aliphatic hydroxyl groups is 1. The van der Waals surface area contributed by atoms with Crippen molar-refractivity contribution >= 4 is 16.1 Å². The molecule has 0 fully saturated rings. The van der Waals surface area contributed by atoms with Crippen LogP contribution in [0.15, 0.2) is 29.2 Å². The topological polar surface area (TPSA) is 95.9 Å². The van der Waals surface area contributed by atoms with Crippen molar-refractivity contribution in [3.05, 3.63) is 29.8 Å². The number of ether oxygens (including phenoxy) is 1. The van der Waals surface area contributed by atoms with E-state index in [1.54, 1.807) is 24.3 Å². The Labute approximate surface area is 194 Å². The Kier molecular flexibility index (Phi) is 11.1. The SMILES string of the molecule is Cc1ccc(S(=O)(=O)N(CCC(C)C)C(CO)CCC(C)CNC(=O)OC(C)(C)C)cc1. The molecule has 2 unspecified atom stereocenters. The van der Waals surface area contributed by atoms with Crippen LogP contribution in [0, 0.1) is 18.8 Å². The number of hydrogen-bond donors (Lipinski definition) is 2. The average molecular weight is 471 g/mol. The van der Waals surface area contributed by atoms with Crippen molar-refractivity contribution in [1.29, 1.82) is 0 Å². The average Bonchev–Trinajstić information content (AvgIpc) is 2.67. The lowest BCUT2D eigenvalue weighted by atomic mass is 10.0. The van der Waals surface area contributed by atoms with Gasteiger partial charge in [0.05, 0.1) is 11.5 Å². The van der Waals surface area contributed by atoms with Crippen molar-refractivity contribution in [2.24, 2.45) is 11.8 Å². The number of hydrogen-bond acceptors (Lipinski definition) is 5. The first kappa shape index (κ1) is 28.4. The molecule has 184 valence electrons. The summed E-state index contributed by atoms with van der Waals surface area (Å²) in [5.41, 5.74) is 0.430. The second-order valence-corrected chi connectivity index (χ2v) is 11.9. The summed E-state index contributed by atoms with van der Waals surface area (Å²) in [7, 11) is -3.74. The molecule has 1 aromatic carbocycles. The highest BCUT2D eigenvalue weighted by molar-refractivity contribution is 7.89. The Hall–Kier alpha value is -1.64. The van der Waals surface area contributed by atoms with Crippen LogP contribution in [0.25, 0.3) is 0 Å². The van der Waals surface area contributed by atoms with Crippen LogP contribution in [0.1, 0.15) is 66.4 Å². The van der Waals surface area contributed by atoms with Gasteiger partial charge in [0.1, 0.15) is 5.60 Å². The molecule has 0 saturated carbocycles. The molecule has 1 aromatic rings. The Balaban J connectivity index is 2.86. The maximum Gasteiger partial charge on any atom is 0.407 e. The third-order valence-corrected chi connectivity index (χ3v) is 7.12. The molecule has 0 aliphatic rings. The standard InChI is InChI=1S/C24H42N2O5S/c1-18(2)14-15-26(32(29,30)22-12-9-19(3)10-13-22)21(17-27)11-8-20(4)16-25-23(28)31-24(5,6)7/h9-10,12-13,18,20-21,27H,8,11,14-17H2,1-7H3,(H,25,28). The number of carbonyl (C=O) groups excluding carboxylic acids is 1. The quantitative estimate of drug-likeness (QED) is 0.474. The van der Waals surface area contributed by atoms with E-state index in [-0.39, 0.29) is 17.4 Å². The normalized spacial score (nSPS) is 14.4. The van der Waals surface area contributed by atoms with Crippen molar-refractivity contribution in [3.8, 4) is 0 Å². The van der Waals surface area contributed by atoms with Gasteiger partial charge >= 0.3 is 6.09 Å². The molecule has 1 rings (SSSR count). The minimum absolute atomic E-state index is 0.102. The second kappa shape index (κ2) is 12.6. The number of benzene rings is 1. The lowest BCUT2D eigenvalue weighted by Crippen LogP contribution is -2.43. The van der Waals surface area contributed by atoms with Gasteiger partial charge in [0.25, 0.3) is 0 Å². The predicted molar refractivity (Wildman–Crippen MR) is 128 cm³/mol. The summed E-state index contributed by atoms with van der Waals surface area (Å²) < 4.78 is 33.5. The molecule has 0 saturated heterocycles. The zero-order valence-electron chi connectivity index (χ0n) is 20.7. The van der Waals surface area contributed by atoms with Gasteiger partial charge in [-0.15, -0.1) is 0 Å². The van der Waals surface area contributed by atoms with Crippen molar-refractivity contribution in [3.63, 3.8) is 0 Å². The van der Waals surface area contributed by atoms with Gasteiger partial charge in [-0.05, 0) is 70.9 Å². The summed E-state index contributed by atoms with van der Waals surface area (Å²) in [6.45, 7) is 13.9. The molecule has 0 radical (unpaired) electrons. The number of rotatable bonds is 12. The van der Waals surface area contributed by atoms with Crippen molar-refractivity contribution < 1.29 is 23.1 Å². The highest BCUT2D eigenvalue weighted by Gasteiger charge is 2.31. The van der Waals surface area contributed by atoms with Crippen LogP contribution >= 0.6 is 0 Å². The zero-order chi connectivity index (χ0) is 24.5. The molecular weight excluding hydrogens is 428 g/mol. The maximum atomic E-state index is 13.4. The number of alkyl carbamates (subject to hydrolysis) is 1. The molecular formula is C24H42N2O5S. The van der Waals surface area contributed by atoms with E-state index < -0.39 is 27.8 Å². The first-order valence-electron chi connectivity index (χ1n) is 11.4. The molecule has 0 heterocycles. The number of amides is 1. The van der Waals surface area contributed by atoms with Gasteiger partial charge in [-0.2, -0.15) is 4.31 Å². The number of nitrogens with zero attached hydrogens (tertiary/aromatic N) is 1. The van der Waals surface area contributed by atoms with Gasteiger partial charge in [-0.1, -0.05) is 38.5 Å². The molecule has 0 spiro atoms. The Morgan fingerprint density at radius 1 is 1.09 bits per heavy atom. The Bertz CT molecular complexity index is 801. The van der Waals surface area contributed by atoms with Crippen molar-refractivity contribution in [2.45, 2.75) is 84.3 Å². The number of aliphatic hydroxyl groups excluding tert-OH is 1. The highest BCUT2D eigenvalue weighted by atomic mass is 32.2. The van der Waals surface area contributed by atoms with Gasteiger partial charge in [0.2, 0.25) is 10.0 Å². The maximum absolute atomic E-state index is 13.4. The van der Waals surface area contributed by atoms with E-state index in [0.717, 1.165) is 5.56 Å². The van der Waals surface area contributed by atoms with E-state index in [4.69, 9.17) is 4.74 Å². The third kappa shape index (κ3) is 9.88. The second-order valence-electron chi connectivity index (χ2n) is 10.0. The van der Waals surface area contributed by atoms with E-state index in [9.17, 15) is 18.3 Å². The van der Waals surface area contributed by atoms with Crippen LogP contribution in [0.3, 0.4) is 0 Å². The van der Waals surface area contributed by atoms with Crippen LogP contribution in [-0.4, -0.2) is 55.3 Å². The first-order chi connectivity index (χ1) is 14.8. The van der Waals surface area contributed by atoms with E-state index in [1.165, 1.54) is 4.31 Å². The minimum Gasteiger partial charge on any atom is -0.444 e. The van der Waals surface area contributed by atoms with Crippen LogP contribution in [0.5, 0.6) is 0 Å². The fourth-order valence-electron chi connectivity index (χ4n) is 3.21. The monoisotopic (exact) mass is 470 g/mol. The molecule has 0 aliphatic heterocycles. The molecule has 7 nitrogen and oxygen atoms in total. The van der Waals surface area contributed by atoms with Gasteiger partial charge < -0.3 is 15.2 Å². The Morgan fingerprint density at radius 3 is 2.19 bits per heavy atom. The third-order valence-electron chi connectivity index (χ3n) is 5.16. The number of carbonyl (C=O) groups is 1. The fourth-order valence-corrected chi connectivity index (χ4v) is 4.87. The molecule has 2 atom stereocenters. The van der Waals surface area contributed by atoms with Crippen LogP contribution in [-0.2, 0) is 14.8 Å². The summed E-state index contributed by atoms with van der Waals surface area (Å²) >= 11 is 0. The Morgan fingerprint density at radius 2 is 1.69 bits per heavy atom. The van der Waals surface area contributed by atoms with Crippen LogP contribution in [0.4, 0.5) is 4.79 Å². The van der Waals surface area contributed by atoms with Gasteiger partial charge in [-0.25, -0.2) is 13.2 Å². The first-order valence-corrected chi connectivity index (χ1v) is 12.9. The van der Waals surface area contributed by atoms with Gasteiger partial charge in [0, 0.05) is 19.1 Å². The summed E-state index contributed by atoms with van der Waals surface area (Å²) in [6, 6.07) is 6.28. The molecule has 1 amide bonds. The number of aryl methyl sites for hydroxylation is 1. The fraction of sp³-hybridized carbons (Fsp3) is 0.708. The van der Waals surface area contributed by atoms with Crippen LogP contribution in [0.2, 0.25) is 0 Å². The molecule has 2 N–H and O–H groups in total. The smallest absolute Gasteiger partial charge is 0.407 e.